The lowest BCUT2D eigenvalue weighted by Crippen LogP contribution is -2.40. The Morgan fingerprint density at radius 1 is 1.09 bits per heavy atom. The second kappa shape index (κ2) is 8.65. The molecule has 0 bridgehead atoms. The molecule has 1 amide bonds. The molecule has 0 spiro atoms. The maximum Gasteiger partial charge on any atom is 0.405 e. The fourth-order valence-electron chi connectivity index (χ4n) is 4.04. The van der Waals surface area contributed by atoms with Crippen LogP contribution in [0.25, 0.3) is 21.9 Å². The molecule has 170 valence electrons. The molecule has 0 aliphatic rings. The first-order valence-corrected chi connectivity index (χ1v) is 10.5. The van der Waals surface area contributed by atoms with Crippen molar-refractivity contribution >= 4 is 16.9 Å². The van der Waals surface area contributed by atoms with Gasteiger partial charge in [-0.05, 0) is 47.2 Å². The van der Waals surface area contributed by atoms with Crippen LogP contribution < -0.4 is 10.9 Å². The summed E-state index contributed by atoms with van der Waals surface area (Å²) < 4.78 is 15.4. The third-order valence-electron chi connectivity index (χ3n) is 5.38. The molecule has 3 aromatic rings. The van der Waals surface area contributed by atoms with Crippen LogP contribution in [0.3, 0.4) is 0 Å². The number of amides is 1. The molecule has 0 aliphatic heterocycles. The number of phenolic OH excluding ortho intramolecular Hbond substituents is 1. The van der Waals surface area contributed by atoms with E-state index >= 15 is 0 Å². The maximum atomic E-state index is 13.7. The van der Waals surface area contributed by atoms with Crippen LogP contribution >= 0.6 is 0 Å². The summed E-state index contributed by atoms with van der Waals surface area (Å²) in [5.74, 6) is -0.326. The number of pyridine rings is 1. The molecule has 6 nitrogen and oxygen atoms in total. The molecule has 3 rings (SSSR count). The number of hydrogen-bond acceptors (Lipinski definition) is 3. The Bertz CT molecular complexity index is 1210. The molecule has 1 atom stereocenters. The number of rotatable bonds is 5. The number of aromatic hydroxyl groups is 1. The number of carboxylic acid groups (broad SMARTS) is 1. The van der Waals surface area contributed by atoms with E-state index in [2.05, 4.69) is 5.32 Å². The van der Waals surface area contributed by atoms with Gasteiger partial charge in [-0.25, -0.2) is 9.18 Å². The summed E-state index contributed by atoms with van der Waals surface area (Å²) in [5.41, 5.74) is 0.836. The van der Waals surface area contributed by atoms with Gasteiger partial charge in [0.2, 0.25) is 0 Å². The van der Waals surface area contributed by atoms with Gasteiger partial charge in [0.1, 0.15) is 11.6 Å². The van der Waals surface area contributed by atoms with Gasteiger partial charge in [0.05, 0.1) is 11.7 Å². The van der Waals surface area contributed by atoms with Gasteiger partial charge in [0.25, 0.3) is 5.56 Å². The average molecular weight is 441 g/mol. The molecular weight excluding hydrogens is 411 g/mol. The van der Waals surface area contributed by atoms with Crippen LogP contribution in [0.2, 0.25) is 0 Å². The van der Waals surface area contributed by atoms with E-state index in [4.69, 9.17) is 0 Å². The highest BCUT2D eigenvalue weighted by Gasteiger charge is 2.34. The third-order valence-corrected chi connectivity index (χ3v) is 5.38. The second-order valence-electron chi connectivity index (χ2n) is 9.56. The van der Waals surface area contributed by atoms with E-state index in [1.54, 1.807) is 22.8 Å². The summed E-state index contributed by atoms with van der Waals surface area (Å²) in [6.45, 7) is 9.99. The zero-order chi connectivity index (χ0) is 23.8. The minimum atomic E-state index is -1.21. The first kappa shape index (κ1) is 23.3. The van der Waals surface area contributed by atoms with Crippen LogP contribution in [0.1, 0.15) is 46.4 Å². The third kappa shape index (κ3) is 4.61. The number of aromatic nitrogens is 1. The van der Waals surface area contributed by atoms with Gasteiger partial charge in [-0.15, -0.1) is 0 Å². The topological polar surface area (TPSA) is 91.6 Å². The fraction of sp³-hybridized carbons (Fsp3) is 0.360. The van der Waals surface area contributed by atoms with Crippen LogP contribution in [0.15, 0.2) is 47.3 Å². The zero-order valence-corrected chi connectivity index (χ0v) is 18.9. The standard InChI is InChI=1S/C25H29FN2O4/c1-14(2)13-28-21(22(25(3,4)5)27-24(31)32)20(15-6-8-16(26)9-7-15)19-12-17(29)10-11-18(19)23(28)30/h6-12,14,22,27,29H,13H2,1-5H3,(H,31,32). The molecule has 7 heteroatoms. The largest absolute Gasteiger partial charge is 0.508 e. The number of nitrogens with zero attached hydrogens (tertiary/aromatic N) is 1. The Morgan fingerprint density at radius 3 is 2.25 bits per heavy atom. The summed E-state index contributed by atoms with van der Waals surface area (Å²) >= 11 is 0. The number of carbonyl (C=O) groups is 1. The van der Waals surface area contributed by atoms with Crippen LogP contribution in [0.5, 0.6) is 5.75 Å². The highest BCUT2D eigenvalue weighted by Crippen LogP contribution is 2.41. The number of halogens is 1. The van der Waals surface area contributed by atoms with Gasteiger partial charge in [0, 0.05) is 22.9 Å². The van der Waals surface area contributed by atoms with Gasteiger partial charge < -0.3 is 20.1 Å². The van der Waals surface area contributed by atoms with Crippen molar-refractivity contribution in [2.45, 2.75) is 47.2 Å². The number of phenols is 1. The van der Waals surface area contributed by atoms with Gasteiger partial charge in [-0.2, -0.15) is 0 Å². The van der Waals surface area contributed by atoms with Crippen LogP contribution in [-0.2, 0) is 6.54 Å². The van der Waals surface area contributed by atoms with Crippen LogP contribution in [-0.4, -0.2) is 20.9 Å². The molecule has 0 saturated carbocycles. The maximum absolute atomic E-state index is 13.7. The normalized spacial score (nSPS) is 12.8. The summed E-state index contributed by atoms with van der Waals surface area (Å²) in [7, 11) is 0. The number of hydrogen-bond donors (Lipinski definition) is 3. The second-order valence-corrected chi connectivity index (χ2v) is 9.56. The van der Waals surface area contributed by atoms with Crippen molar-refractivity contribution in [3.63, 3.8) is 0 Å². The Balaban J connectivity index is 2.58. The minimum Gasteiger partial charge on any atom is -0.508 e. The van der Waals surface area contributed by atoms with Crippen LogP contribution in [0.4, 0.5) is 9.18 Å². The summed E-state index contributed by atoms with van der Waals surface area (Å²) in [6.07, 6.45) is -1.21. The van der Waals surface area contributed by atoms with E-state index in [1.807, 2.05) is 34.6 Å². The first-order valence-electron chi connectivity index (χ1n) is 10.5. The van der Waals surface area contributed by atoms with Gasteiger partial charge in [-0.1, -0.05) is 46.8 Å². The lowest BCUT2D eigenvalue weighted by Gasteiger charge is -2.35. The van der Waals surface area contributed by atoms with E-state index in [-0.39, 0.29) is 17.2 Å². The number of nitrogens with one attached hydrogen (secondary N) is 1. The smallest absolute Gasteiger partial charge is 0.405 e. The molecule has 0 aliphatic carbocycles. The van der Waals surface area contributed by atoms with Crippen molar-refractivity contribution in [2.24, 2.45) is 11.3 Å². The molecule has 1 aromatic heterocycles. The van der Waals surface area contributed by atoms with Gasteiger partial charge in [0.15, 0.2) is 0 Å². The van der Waals surface area contributed by atoms with Gasteiger partial charge in [-0.3, -0.25) is 4.79 Å². The molecule has 0 fully saturated rings. The molecule has 0 radical (unpaired) electrons. The van der Waals surface area contributed by atoms with Gasteiger partial charge >= 0.3 is 6.09 Å². The summed E-state index contributed by atoms with van der Waals surface area (Å²) in [5, 5.41) is 23.3. The quantitative estimate of drug-likeness (QED) is 0.487. The van der Waals surface area contributed by atoms with Crippen molar-refractivity contribution < 1.29 is 19.4 Å². The van der Waals surface area contributed by atoms with Crippen molar-refractivity contribution in [2.75, 3.05) is 0 Å². The van der Waals surface area contributed by atoms with Crippen molar-refractivity contribution in [3.05, 3.63) is 64.3 Å². The first-order chi connectivity index (χ1) is 14.9. The van der Waals surface area contributed by atoms with E-state index in [0.29, 0.717) is 34.1 Å². The predicted molar refractivity (Wildman–Crippen MR) is 123 cm³/mol. The van der Waals surface area contributed by atoms with E-state index in [0.717, 1.165) is 0 Å². The highest BCUT2D eigenvalue weighted by atomic mass is 19.1. The van der Waals surface area contributed by atoms with E-state index < -0.39 is 23.4 Å². The SMILES string of the molecule is CC(C)Cn1c(C(NC(=O)O)C(C)(C)C)c(-c2ccc(F)cc2)c2cc(O)ccc2c1=O. The summed E-state index contributed by atoms with van der Waals surface area (Å²) in [6, 6.07) is 9.61. The predicted octanol–water partition coefficient (Wildman–Crippen LogP) is 5.52. The molecule has 1 unspecified atom stereocenters. The molecule has 3 N–H and O–H groups in total. The molecule has 0 saturated heterocycles. The van der Waals surface area contributed by atoms with E-state index in [9.17, 15) is 24.2 Å². The fourth-order valence-corrected chi connectivity index (χ4v) is 4.04. The lowest BCUT2D eigenvalue weighted by atomic mass is 9.80. The Hall–Kier alpha value is -3.35. The Labute approximate surface area is 186 Å². The highest BCUT2D eigenvalue weighted by molar-refractivity contribution is 5.98. The Kier molecular flexibility index (Phi) is 6.30. The monoisotopic (exact) mass is 440 g/mol. The van der Waals surface area contributed by atoms with Crippen molar-refractivity contribution in [1.82, 2.24) is 9.88 Å². The molecule has 2 aromatic carbocycles. The van der Waals surface area contributed by atoms with E-state index in [1.165, 1.54) is 24.3 Å². The van der Waals surface area contributed by atoms with Crippen molar-refractivity contribution in [3.8, 4) is 16.9 Å². The molecule has 32 heavy (non-hydrogen) atoms. The molecule has 1 heterocycles. The van der Waals surface area contributed by atoms with Crippen molar-refractivity contribution in [1.29, 1.82) is 0 Å². The Morgan fingerprint density at radius 2 is 1.72 bits per heavy atom. The van der Waals surface area contributed by atoms with Crippen LogP contribution in [0, 0.1) is 17.2 Å². The minimum absolute atomic E-state index is 0.0219. The number of benzene rings is 2. The number of fused-ring (bicyclic) bond motifs is 1. The summed E-state index contributed by atoms with van der Waals surface area (Å²) in [4.78, 5) is 25.4. The molecular formula is C25H29FN2O4. The zero-order valence-electron chi connectivity index (χ0n) is 18.9. The average Bonchev–Trinajstić information content (AvgIpc) is 2.68. The lowest BCUT2D eigenvalue weighted by molar-refractivity contribution is 0.172.